The number of likely N-dealkylation sites (tertiary alicyclic amines) is 2. The van der Waals surface area contributed by atoms with Crippen LogP contribution in [0.1, 0.15) is 35.2 Å². The van der Waals surface area contributed by atoms with Gasteiger partial charge >= 0.3 is 0 Å². The fraction of sp³-hybridized carbons (Fsp3) is 0.308. The smallest absolute Gasteiger partial charge is 0.258 e. The summed E-state index contributed by atoms with van der Waals surface area (Å²) in [6.07, 6.45) is 4.91. The van der Waals surface area contributed by atoms with Gasteiger partial charge in [0.1, 0.15) is 11.5 Å². The molecule has 2 aliphatic heterocycles. The molecule has 2 saturated heterocycles. The number of pyridine rings is 1. The summed E-state index contributed by atoms with van der Waals surface area (Å²) < 4.78 is 13.6. The van der Waals surface area contributed by atoms with Crippen molar-refractivity contribution in [1.82, 2.24) is 14.8 Å². The first kappa shape index (κ1) is 22.9. The maximum Gasteiger partial charge on any atom is 0.258 e. The Bertz CT molecular complexity index is 1360. The van der Waals surface area contributed by atoms with Crippen molar-refractivity contribution in [1.29, 1.82) is 5.53 Å². The number of fused-ring (bicyclic) bond motifs is 1. The van der Waals surface area contributed by atoms with Crippen LogP contribution in [0, 0.1) is 11.3 Å². The van der Waals surface area contributed by atoms with Crippen LogP contribution in [-0.4, -0.2) is 52.9 Å². The molecule has 2 fully saturated rings. The van der Waals surface area contributed by atoms with Crippen molar-refractivity contribution < 1.29 is 9.18 Å². The molecule has 3 N–H and O–H groups in total. The zero-order chi connectivity index (χ0) is 24.4. The number of carbonyl (C=O) groups excluding carboxylic acids is 1. The molecule has 3 aromatic rings. The van der Waals surface area contributed by atoms with E-state index < -0.39 is 11.4 Å². The van der Waals surface area contributed by atoms with Crippen LogP contribution in [0.3, 0.4) is 0 Å². The monoisotopic (exact) mass is 474 g/mol. The van der Waals surface area contributed by atoms with E-state index in [4.69, 9.17) is 5.53 Å². The molecule has 2 aliphatic rings. The van der Waals surface area contributed by atoms with Gasteiger partial charge in [0, 0.05) is 47.5 Å². The molecule has 1 atom stereocenters. The second-order valence-corrected chi connectivity index (χ2v) is 9.05. The Balaban J connectivity index is 1.32. The molecule has 5 rings (SSSR count). The third kappa shape index (κ3) is 4.85. The molecule has 0 radical (unpaired) electrons. The van der Waals surface area contributed by atoms with Gasteiger partial charge in [-0.05, 0) is 74.8 Å². The molecule has 9 heteroatoms. The first-order valence-electron chi connectivity index (χ1n) is 11.8. The molecule has 0 aliphatic carbocycles. The van der Waals surface area contributed by atoms with Gasteiger partial charge in [-0.25, -0.2) is 9.92 Å². The molecule has 8 nitrogen and oxygen atoms in total. The lowest BCUT2D eigenvalue weighted by Gasteiger charge is -2.23. The lowest BCUT2D eigenvalue weighted by Crippen LogP contribution is -2.37. The van der Waals surface area contributed by atoms with Gasteiger partial charge in [0.25, 0.3) is 11.5 Å². The van der Waals surface area contributed by atoms with E-state index in [0.29, 0.717) is 28.2 Å². The quantitative estimate of drug-likeness (QED) is 0.460. The van der Waals surface area contributed by atoms with Gasteiger partial charge in [-0.3, -0.25) is 14.5 Å². The number of halogens is 1. The largest absolute Gasteiger partial charge is 0.360 e. The van der Waals surface area contributed by atoms with Crippen molar-refractivity contribution in [2.75, 3.05) is 31.5 Å². The number of aromatic nitrogens is 1. The number of amides is 1. The molecule has 2 aromatic carbocycles. The van der Waals surface area contributed by atoms with Crippen molar-refractivity contribution in [3.8, 4) is 0 Å². The molecule has 0 saturated carbocycles. The zero-order valence-corrected chi connectivity index (χ0v) is 19.3. The van der Waals surface area contributed by atoms with Gasteiger partial charge in [0.15, 0.2) is 0 Å². The topological polar surface area (TPSA) is 105 Å². The number of carbonyl (C=O) groups is 1. The molecule has 1 aromatic heterocycles. The Kier molecular flexibility index (Phi) is 6.41. The number of anilines is 1. The normalized spacial score (nSPS) is 18.8. The Morgan fingerprint density at radius 2 is 1.97 bits per heavy atom. The van der Waals surface area contributed by atoms with E-state index in [1.165, 1.54) is 43.3 Å². The highest BCUT2D eigenvalue weighted by molar-refractivity contribution is 5.95. The zero-order valence-electron chi connectivity index (χ0n) is 19.3. The van der Waals surface area contributed by atoms with Gasteiger partial charge < -0.3 is 15.2 Å². The minimum Gasteiger partial charge on any atom is -0.360 e. The molecule has 0 bridgehead atoms. The van der Waals surface area contributed by atoms with E-state index in [2.05, 4.69) is 20.3 Å². The number of hydrogen-bond donors (Lipinski definition) is 3. The highest BCUT2D eigenvalue weighted by Crippen LogP contribution is 2.23. The van der Waals surface area contributed by atoms with Gasteiger partial charge in [-0.2, -0.15) is 5.11 Å². The van der Waals surface area contributed by atoms with Crippen LogP contribution in [0.15, 0.2) is 64.6 Å². The molecular formula is C26H27FN6O2. The third-order valence-electron chi connectivity index (χ3n) is 6.80. The number of benzene rings is 2. The van der Waals surface area contributed by atoms with Crippen LogP contribution in [0.25, 0.3) is 16.6 Å². The van der Waals surface area contributed by atoms with Gasteiger partial charge in [0.2, 0.25) is 0 Å². The Morgan fingerprint density at radius 1 is 1.14 bits per heavy atom. The number of nitrogens with zero attached hydrogens (tertiary/aromatic N) is 3. The van der Waals surface area contributed by atoms with Crippen molar-refractivity contribution in [2.45, 2.75) is 25.3 Å². The van der Waals surface area contributed by atoms with Crippen molar-refractivity contribution >= 4 is 28.2 Å². The molecule has 180 valence electrons. The average Bonchev–Trinajstić information content (AvgIpc) is 3.57. The van der Waals surface area contributed by atoms with E-state index in [0.717, 1.165) is 32.6 Å². The van der Waals surface area contributed by atoms with E-state index in [1.54, 1.807) is 24.3 Å². The third-order valence-corrected chi connectivity index (χ3v) is 6.80. The van der Waals surface area contributed by atoms with E-state index in [9.17, 15) is 14.0 Å². The maximum absolute atomic E-state index is 13.6. The first-order valence-corrected chi connectivity index (χ1v) is 11.8. The fourth-order valence-electron chi connectivity index (χ4n) is 4.95. The maximum atomic E-state index is 13.6. The van der Waals surface area contributed by atoms with E-state index in [1.807, 2.05) is 4.90 Å². The number of nitrogens with one attached hydrogen (secondary N) is 3. The van der Waals surface area contributed by atoms with Crippen molar-refractivity contribution in [3.63, 3.8) is 0 Å². The van der Waals surface area contributed by atoms with Crippen molar-refractivity contribution in [2.24, 2.45) is 5.11 Å². The van der Waals surface area contributed by atoms with Crippen LogP contribution in [0.4, 0.5) is 10.1 Å². The minimum absolute atomic E-state index is 0.00210. The summed E-state index contributed by atoms with van der Waals surface area (Å²) in [5.74, 6) is -0.425. The molecular weight excluding hydrogens is 447 g/mol. The van der Waals surface area contributed by atoms with Crippen LogP contribution in [0.2, 0.25) is 0 Å². The highest BCUT2D eigenvalue weighted by atomic mass is 19.1. The second kappa shape index (κ2) is 9.79. The minimum atomic E-state index is -0.432. The van der Waals surface area contributed by atoms with Crippen LogP contribution >= 0.6 is 0 Å². The molecule has 0 spiro atoms. The summed E-state index contributed by atoms with van der Waals surface area (Å²) in [5, 5.41) is 7.02. The lowest BCUT2D eigenvalue weighted by molar-refractivity contribution is 0.0780. The Hall–Kier alpha value is -3.85. The summed E-state index contributed by atoms with van der Waals surface area (Å²) in [7, 11) is 0. The second-order valence-electron chi connectivity index (χ2n) is 9.05. The number of aromatic amines is 1. The standard InChI is InChI=1S/C26H27FN6O2/c27-19-6-7-23-18(12-19)14-22(25(34)30-23)24(31-28)15-29-20-5-3-4-17(13-20)26(35)33-11-8-21(16-33)32-9-1-2-10-32/h3-7,12-15,21,28-29H,1-2,8-11,16H2,(H,30,34)/b24-15-,31-28?. The predicted molar refractivity (Wildman–Crippen MR) is 133 cm³/mol. The van der Waals surface area contributed by atoms with Crippen LogP contribution < -0.4 is 10.9 Å². The molecule has 1 unspecified atom stereocenters. The molecule has 3 heterocycles. The summed E-state index contributed by atoms with van der Waals surface area (Å²) in [6, 6.07) is 13.2. The summed E-state index contributed by atoms with van der Waals surface area (Å²) >= 11 is 0. The molecule has 35 heavy (non-hydrogen) atoms. The highest BCUT2D eigenvalue weighted by Gasteiger charge is 2.31. The van der Waals surface area contributed by atoms with Gasteiger partial charge in [-0.15, -0.1) is 0 Å². The number of H-pyrrole nitrogens is 1. The predicted octanol–water partition coefficient (Wildman–Crippen LogP) is 4.42. The number of hydrogen-bond acceptors (Lipinski definition) is 6. The van der Waals surface area contributed by atoms with E-state index >= 15 is 0 Å². The number of rotatable bonds is 6. The van der Waals surface area contributed by atoms with Crippen LogP contribution in [0.5, 0.6) is 0 Å². The summed E-state index contributed by atoms with van der Waals surface area (Å²) in [4.78, 5) is 32.7. The van der Waals surface area contributed by atoms with E-state index in [-0.39, 0.29) is 17.2 Å². The Labute approximate surface area is 201 Å². The first-order chi connectivity index (χ1) is 17.0. The van der Waals surface area contributed by atoms with Gasteiger partial charge in [-0.1, -0.05) is 6.07 Å². The summed E-state index contributed by atoms with van der Waals surface area (Å²) in [5.41, 5.74) is 9.05. The van der Waals surface area contributed by atoms with Crippen molar-refractivity contribution in [3.05, 3.63) is 82.0 Å². The summed E-state index contributed by atoms with van der Waals surface area (Å²) in [6.45, 7) is 3.75. The average molecular weight is 475 g/mol. The fourth-order valence-corrected chi connectivity index (χ4v) is 4.95. The van der Waals surface area contributed by atoms with Crippen LogP contribution in [-0.2, 0) is 0 Å². The molecule has 1 amide bonds. The van der Waals surface area contributed by atoms with Gasteiger partial charge in [0.05, 0.1) is 5.56 Å². The SMILES string of the molecule is N=N/C(=C\Nc1cccc(C(=O)N2CCC(N3CCCC3)C2)c1)c1cc2cc(F)ccc2[nH]c1=O. The Morgan fingerprint density at radius 3 is 2.77 bits per heavy atom. The lowest BCUT2D eigenvalue weighted by atomic mass is 10.1.